The molecule has 0 spiro atoms. The molecule has 1 heterocycles. The number of hydrogen-bond donors (Lipinski definition) is 1. The predicted octanol–water partition coefficient (Wildman–Crippen LogP) is 1.12. The number of piperazine rings is 1. The standard InChI is InChI=1S/C12H17ClN2O2S/c1-18(16,17)15-7-6-14-12(9-15)8-10-2-4-11(13)5-3-10/h2-5,12,14H,6-9H2,1H3/t12-/m0/s1. The average Bonchev–Trinajstić information content (AvgIpc) is 2.31. The molecule has 18 heavy (non-hydrogen) atoms. The second kappa shape index (κ2) is 5.57. The quantitative estimate of drug-likeness (QED) is 0.907. The lowest BCUT2D eigenvalue weighted by Gasteiger charge is -2.32. The summed E-state index contributed by atoms with van der Waals surface area (Å²) in [4.78, 5) is 0. The van der Waals surface area contributed by atoms with Gasteiger partial charge >= 0.3 is 0 Å². The third-order valence-electron chi connectivity index (χ3n) is 3.08. The summed E-state index contributed by atoms with van der Waals surface area (Å²) in [7, 11) is -3.09. The van der Waals surface area contributed by atoms with E-state index < -0.39 is 10.0 Å². The lowest BCUT2D eigenvalue weighted by Crippen LogP contribution is -2.53. The van der Waals surface area contributed by atoms with Gasteiger partial charge in [0.2, 0.25) is 10.0 Å². The van der Waals surface area contributed by atoms with Gasteiger partial charge in [-0.25, -0.2) is 8.42 Å². The summed E-state index contributed by atoms with van der Waals surface area (Å²) in [5, 5.41) is 4.06. The van der Waals surface area contributed by atoms with Gasteiger partial charge in [0.25, 0.3) is 0 Å². The van der Waals surface area contributed by atoms with Crippen molar-refractivity contribution in [3.63, 3.8) is 0 Å². The molecule has 0 unspecified atom stereocenters. The van der Waals surface area contributed by atoms with Gasteiger partial charge in [0.05, 0.1) is 6.26 Å². The number of hydrogen-bond acceptors (Lipinski definition) is 3. The Morgan fingerprint density at radius 2 is 2.06 bits per heavy atom. The fourth-order valence-electron chi connectivity index (χ4n) is 2.14. The van der Waals surface area contributed by atoms with Crippen LogP contribution in [-0.4, -0.2) is 44.7 Å². The van der Waals surface area contributed by atoms with Crippen molar-refractivity contribution in [2.45, 2.75) is 12.5 Å². The molecule has 4 nitrogen and oxygen atoms in total. The first-order valence-electron chi connectivity index (χ1n) is 5.88. The van der Waals surface area contributed by atoms with E-state index in [4.69, 9.17) is 11.6 Å². The molecule has 0 radical (unpaired) electrons. The molecule has 1 N–H and O–H groups in total. The van der Waals surface area contributed by atoms with Crippen LogP contribution in [-0.2, 0) is 16.4 Å². The van der Waals surface area contributed by atoms with E-state index in [1.54, 1.807) is 0 Å². The van der Waals surface area contributed by atoms with Crippen molar-refractivity contribution in [2.24, 2.45) is 0 Å². The zero-order valence-electron chi connectivity index (χ0n) is 10.3. The third-order valence-corrected chi connectivity index (χ3v) is 4.60. The number of nitrogens with one attached hydrogen (secondary N) is 1. The highest BCUT2D eigenvalue weighted by Gasteiger charge is 2.25. The molecule has 0 saturated carbocycles. The summed E-state index contributed by atoms with van der Waals surface area (Å²) in [6.45, 7) is 1.78. The van der Waals surface area contributed by atoms with Crippen molar-refractivity contribution in [1.82, 2.24) is 9.62 Å². The largest absolute Gasteiger partial charge is 0.311 e. The highest BCUT2D eigenvalue weighted by molar-refractivity contribution is 7.88. The number of sulfonamides is 1. The second-order valence-corrected chi connectivity index (χ2v) is 7.02. The number of benzene rings is 1. The first kappa shape index (κ1) is 13.8. The van der Waals surface area contributed by atoms with Crippen molar-refractivity contribution >= 4 is 21.6 Å². The molecule has 1 aliphatic heterocycles. The van der Waals surface area contributed by atoms with Crippen molar-refractivity contribution < 1.29 is 8.42 Å². The Morgan fingerprint density at radius 1 is 1.39 bits per heavy atom. The van der Waals surface area contributed by atoms with E-state index >= 15 is 0 Å². The van der Waals surface area contributed by atoms with Crippen LogP contribution in [0.1, 0.15) is 5.56 Å². The molecule has 6 heteroatoms. The van der Waals surface area contributed by atoms with E-state index in [0.29, 0.717) is 24.7 Å². The van der Waals surface area contributed by atoms with E-state index in [1.165, 1.54) is 10.6 Å². The van der Waals surface area contributed by atoms with Crippen molar-refractivity contribution in [1.29, 1.82) is 0 Å². The zero-order valence-corrected chi connectivity index (χ0v) is 11.8. The third kappa shape index (κ3) is 3.68. The Hall–Kier alpha value is -0.620. The van der Waals surface area contributed by atoms with Crippen LogP contribution in [0, 0.1) is 0 Å². The SMILES string of the molecule is CS(=O)(=O)N1CCN[C@@H](Cc2ccc(Cl)cc2)C1. The van der Waals surface area contributed by atoms with Crippen LogP contribution in [0.5, 0.6) is 0 Å². The van der Waals surface area contributed by atoms with E-state index in [-0.39, 0.29) is 6.04 Å². The lowest BCUT2D eigenvalue weighted by molar-refractivity contribution is 0.298. The van der Waals surface area contributed by atoms with Gasteiger partial charge in [-0.3, -0.25) is 0 Å². The Balaban J connectivity index is 2.00. The van der Waals surface area contributed by atoms with Crippen LogP contribution in [0.2, 0.25) is 5.02 Å². The van der Waals surface area contributed by atoms with Gasteiger partial charge in [-0.15, -0.1) is 0 Å². The van der Waals surface area contributed by atoms with Crippen LogP contribution >= 0.6 is 11.6 Å². The topological polar surface area (TPSA) is 49.4 Å². The first-order valence-corrected chi connectivity index (χ1v) is 8.11. The molecule has 2 rings (SSSR count). The van der Waals surface area contributed by atoms with Gasteiger partial charge < -0.3 is 5.32 Å². The summed E-state index contributed by atoms with van der Waals surface area (Å²) in [5.41, 5.74) is 1.16. The van der Waals surface area contributed by atoms with Crippen molar-refractivity contribution in [2.75, 3.05) is 25.9 Å². The Bertz CT molecular complexity index is 501. The molecule has 0 amide bonds. The van der Waals surface area contributed by atoms with Crippen molar-refractivity contribution in [3.05, 3.63) is 34.9 Å². The zero-order chi connectivity index (χ0) is 13.2. The van der Waals surface area contributed by atoms with Crippen LogP contribution < -0.4 is 5.32 Å². The summed E-state index contributed by atoms with van der Waals surface area (Å²) in [6, 6.07) is 7.82. The Labute approximate surface area is 113 Å². The minimum atomic E-state index is -3.09. The highest BCUT2D eigenvalue weighted by Crippen LogP contribution is 2.13. The second-order valence-electron chi connectivity index (χ2n) is 4.60. The predicted molar refractivity (Wildman–Crippen MR) is 73.4 cm³/mol. The molecule has 1 aliphatic rings. The van der Waals surface area contributed by atoms with E-state index in [2.05, 4.69) is 5.32 Å². The van der Waals surface area contributed by atoms with Gasteiger partial charge in [0.1, 0.15) is 0 Å². The van der Waals surface area contributed by atoms with Crippen LogP contribution in [0.3, 0.4) is 0 Å². The fourth-order valence-corrected chi connectivity index (χ4v) is 3.14. The molecular weight excluding hydrogens is 272 g/mol. The molecule has 1 aromatic carbocycles. The monoisotopic (exact) mass is 288 g/mol. The number of nitrogens with zero attached hydrogens (tertiary/aromatic N) is 1. The van der Waals surface area contributed by atoms with Crippen LogP contribution in [0.15, 0.2) is 24.3 Å². The summed E-state index contributed by atoms with van der Waals surface area (Å²) in [5.74, 6) is 0. The summed E-state index contributed by atoms with van der Waals surface area (Å²) < 4.78 is 24.6. The summed E-state index contributed by atoms with van der Waals surface area (Å²) >= 11 is 5.83. The van der Waals surface area contributed by atoms with E-state index in [1.807, 2.05) is 24.3 Å². The number of halogens is 1. The molecule has 1 saturated heterocycles. The lowest BCUT2D eigenvalue weighted by atomic mass is 10.0. The Morgan fingerprint density at radius 3 is 2.67 bits per heavy atom. The maximum atomic E-state index is 11.5. The first-order chi connectivity index (χ1) is 8.45. The van der Waals surface area contributed by atoms with Crippen molar-refractivity contribution in [3.8, 4) is 0 Å². The molecule has 1 aromatic rings. The minimum absolute atomic E-state index is 0.162. The van der Waals surface area contributed by atoms with E-state index in [9.17, 15) is 8.42 Å². The minimum Gasteiger partial charge on any atom is -0.311 e. The normalized spacial score (nSPS) is 22.0. The molecule has 100 valence electrons. The maximum absolute atomic E-state index is 11.5. The van der Waals surface area contributed by atoms with Gasteiger partial charge in [0.15, 0.2) is 0 Å². The van der Waals surface area contributed by atoms with Gasteiger partial charge in [-0.2, -0.15) is 4.31 Å². The highest BCUT2D eigenvalue weighted by atomic mass is 35.5. The molecule has 1 atom stereocenters. The molecule has 0 bridgehead atoms. The van der Waals surface area contributed by atoms with E-state index in [0.717, 1.165) is 12.0 Å². The molecule has 0 aliphatic carbocycles. The number of rotatable bonds is 3. The van der Waals surface area contributed by atoms with Gasteiger partial charge in [-0.05, 0) is 24.1 Å². The molecule has 1 fully saturated rings. The van der Waals surface area contributed by atoms with Crippen LogP contribution in [0.25, 0.3) is 0 Å². The molecular formula is C12H17ClN2O2S. The van der Waals surface area contributed by atoms with Gasteiger partial charge in [0, 0.05) is 30.7 Å². The average molecular weight is 289 g/mol. The smallest absolute Gasteiger partial charge is 0.211 e. The fraction of sp³-hybridized carbons (Fsp3) is 0.500. The Kier molecular flexibility index (Phi) is 4.27. The molecule has 0 aromatic heterocycles. The van der Waals surface area contributed by atoms with Gasteiger partial charge in [-0.1, -0.05) is 23.7 Å². The maximum Gasteiger partial charge on any atom is 0.211 e. The summed E-state index contributed by atoms with van der Waals surface area (Å²) in [6.07, 6.45) is 2.07. The van der Waals surface area contributed by atoms with Crippen LogP contribution in [0.4, 0.5) is 0 Å².